The summed E-state index contributed by atoms with van der Waals surface area (Å²) in [6.45, 7) is 2.91. The van der Waals surface area contributed by atoms with Crippen LogP contribution in [0, 0.1) is 0 Å². The van der Waals surface area contributed by atoms with E-state index < -0.39 is 0 Å². The molecule has 3 rings (SSSR count). The van der Waals surface area contributed by atoms with Gasteiger partial charge >= 0.3 is 6.03 Å². The molecule has 1 aromatic rings. The monoisotopic (exact) mass is 322 g/mol. The molecule has 2 aliphatic rings. The number of carbonyl (C=O) groups excluding carboxylic acids is 2. The Kier molecular flexibility index (Phi) is 4.79. The minimum Gasteiger partial charge on any atom is -0.378 e. The van der Waals surface area contributed by atoms with E-state index in [1.807, 2.05) is 12.1 Å². The summed E-state index contributed by atoms with van der Waals surface area (Å²) < 4.78 is 5.21. The summed E-state index contributed by atoms with van der Waals surface area (Å²) in [6, 6.07) is 3.43. The molecule has 0 aromatic carbocycles. The number of morpholine rings is 1. The van der Waals surface area contributed by atoms with Crippen LogP contribution in [0.4, 0.5) is 10.5 Å². The van der Waals surface area contributed by atoms with E-state index in [1.54, 1.807) is 27.8 Å². The molecule has 0 radical (unpaired) electrons. The Morgan fingerprint density at radius 2 is 2.14 bits per heavy atom. The van der Waals surface area contributed by atoms with Crippen LogP contribution in [0.2, 0.25) is 0 Å². The first-order valence-corrected chi connectivity index (χ1v) is 8.23. The quantitative estimate of drug-likeness (QED) is 0.861. The average molecular weight is 322 g/mol. The molecule has 0 saturated carbocycles. The van der Waals surface area contributed by atoms with Gasteiger partial charge in [0, 0.05) is 31.6 Å². The molecule has 22 heavy (non-hydrogen) atoms. The van der Waals surface area contributed by atoms with Gasteiger partial charge in [-0.3, -0.25) is 9.69 Å². The van der Waals surface area contributed by atoms with Gasteiger partial charge in [0.15, 0.2) is 0 Å². The fourth-order valence-corrected chi connectivity index (χ4v) is 3.36. The largest absolute Gasteiger partial charge is 0.378 e. The van der Waals surface area contributed by atoms with E-state index in [4.69, 9.17) is 4.74 Å². The minimum absolute atomic E-state index is 0.0120. The molecule has 8 heteroatoms. The smallest absolute Gasteiger partial charge is 0.322 e. The van der Waals surface area contributed by atoms with E-state index in [-0.39, 0.29) is 18.5 Å². The predicted octanol–water partition coefficient (Wildman–Crippen LogP) is 0.562. The van der Waals surface area contributed by atoms with E-state index in [2.05, 4.69) is 10.3 Å². The molecule has 0 unspecified atom stereocenters. The lowest BCUT2D eigenvalue weighted by Crippen LogP contribution is -2.49. The van der Waals surface area contributed by atoms with Gasteiger partial charge in [-0.15, -0.1) is 11.8 Å². The van der Waals surface area contributed by atoms with Gasteiger partial charge in [-0.2, -0.15) is 0 Å². The Bertz CT molecular complexity index is 563. The molecule has 3 amide bonds. The van der Waals surface area contributed by atoms with Crippen molar-refractivity contribution >= 4 is 29.4 Å². The molecule has 0 atom stereocenters. The first-order chi connectivity index (χ1) is 10.8. The fraction of sp³-hybridized carbons (Fsp3) is 0.500. The molecule has 1 N–H and O–H groups in total. The van der Waals surface area contributed by atoms with Crippen molar-refractivity contribution in [2.45, 2.75) is 5.03 Å². The maximum atomic E-state index is 12.3. The number of nitrogens with one attached hydrogen (secondary N) is 1. The SMILES string of the molecule is O=C(CNC(=O)N1CCSc2ncccc21)N1CCOCC1. The lowest BCUT2D eigenvalue weighted by atomic mass is 10.3. The van der Waals surface area contributed by atoms with E-state index in [9.17, 15) is 9.59 Å². The van der Waals surface area contributed by atoms with Crippen molar-refractivity contribution in [1.29, 1.82) is 0 Å². The summed E-state index contributed by atoms with van der Waals surface area (Å²) in [7, 11) is 0. The van der Waals surface area contributed by atoms with Gasteiger partial charge in [0.1, 0.15) is 5.03 Å². The van der Waals surface area contributed by atoms with Crippen molar-refractivity contribution < 1.29 is 14.3 Å². The molecule has 7 nitrogen and oxygen atoms in total. The summed E-state index contributed by atoms with van der Waals surface area (Å²) >= 11 is 1.64. The van der Waals surface area contributed by atoms with Gasteiger partial charge < -0.3 is 15.0 Å². The van der Waals surface area contributed by atoms with Crippen LogP contribution in [0.1, 0.15) is 0 Å². The first kappa shape index (κ1) is 15.1. The van der Waals surface area contributed by atoms with Crippen molar-refractivity contribution in [3.63, 3.8) is 0 Å². The number of nitrogens with zero attached hydrogens (tertiary/aromatic N) is 3. The van der Waals surface area contributed by atoms with Crippen LogP contribution in [-0.4, -0.2) is 67.0 Å². The number of carbonyl (C=O) groups is 2. The van der Waals surface area contributed by atoms with Crippen LogP contribution in [-0.2, 0) is 9.53 Å². The van der Waals surface area contributed by atoms with Crippen LogP contribution in [0.3, 0.4) is 0 Å². The van der Waals surface area contributed by atoms with Crippen molar-refractivity contribution in [1.82, 2.24) is 15.2 Å². The van der Waals surface area contributed by atoms with Gasteiger partial charge in [-0.1, -0.05) is 0 Å². The van der Waals surface area contributed by atoms with E-state index in [0.717, 1.165) is 16.5 Å². The highest BCUT2D eigenvalue weighted by atomic mass is 32.2. The number of urea groups is 1. The van der Waals surface area contributed by atoms with Crippen LogP contribution in [0.15, 0.2) is 23.4 Å². The van der Waals surface area contributed by atoms with Gasteiger partial charge in [-0.25, -0.2) is 9.78 Å². The summed E-state index contributed by atoms with van der Waals surface area (Å²) in [4.78, 5) is 32.0. The average Bonchev–Trinajstić information content (AvgIpc) is 2.59. The summed E-state index contributed by atoms with van der Waals surface area (Å²) in [5.74, 6) is 0.726. The van der Waals surface area contributed by atoms with Crippen molar-refractivity contribution in [2.75, 3.05) is 50.0 Å². The molecule has 0 aliphatic carbocycles. The van der Waals surface area contributed by atoms with Crippen molar-refractivity contribution in [3.05, 3.63) is 18.3 Å². The second-order valence-electron chi connectivity index (χ2n) is 4.98. The summed E-state index contributed by atoms with van der Waals surface area (Å²) in [6.07, 6.45) is 1.72. The number of hydrogen-bond donors (Lipinski definition) is 1. The van der Waals surface area contributed by atoms with Gasteiger partial charge in [0.25, 0.3) is 0 Å². The number of hydrogen-bond acceptors (Lipinski definition) is 5. The Labute approximate surface area is 133 Å². The molecule has 3 heterocycles. The van der Waals surface area contributed by atoms with Crippen LogP contribution in [0.5, 0.6) is 0 Å². The third-order valence-electron chi connectivity index (χ3n) is 3.60. The number of thioether (sulfide) groups is 1. The third kappa shape index (κ3) is 3.33. The number of ether oxygens (including phenoxy) is 1. The zero-order chi connectivity index (χ0) is 15.4. The Hall–Kier alpha value is -1.80. The van der Waals surface area contributed by atoms with Gasteiger partial charge in [-0.05, 0) is 12.1 Å². The van der Waals surface area contributed by atoms with Crippen LogP contribution < -0.4 is 10.2 Å². The Balaban J connectivity index is 1.57. The molecule has 1 saturated heterocycles. The number of rotatable bonds is 2. The highest BCUT2D eigenvalue weighted by molar-refractivity contribution is 7.99. The fourth-order valence-electron chi connectivity index (χ4n) is 2.44. The predicted molar refractivity (Wildman–Crippen MR) is 83.1 cm³/mol. The van der Waals surface area contributed by atoms with E-state index >= 15 is 0 Å². The Morgan fingerprint density at radius 1 is 1.32 bits per heavy atom. The molecule has 0 bridgehead atoms. The van der Waals surface area contributed by atoms with Crippen molar-refractivity contribution in [3.8, 4) is 0 Å². The standard InChI is InChI=1S/C14H18N4O3S/c19-12(17-4-7-21-8-5-17)10-16-14(20)18-6-9-22-13-11(18)2-1-3-15-13/h1-3H,4-10H2,(H,16,20). The Morgan fingerprint density at radius 3 is 2.95 bits per heavy atom. The molecule has 2 aliphatic heterocycles. The second-order valence-corrected chi connectivity index (χ2v) is 6.06. The molecule has 0 spiro atoms. The van der Waals surface area contributed by atoms with Gasteiger partial charge in [0.2, 0.25) is 5.91 Å². The number of fused-ring (bicyclic) bond motifs is 1. The third-order valence-corrected chi connectivity index (χ3v) is 4.57. The van der Waals surface area contributed by atoms with Crippen molar-refractivity contribution in [2.24, 2.45) is 0 Å². The zero-order valence-corrected chi connectivity index (χ0v) is 13.0. The zero-order valence-electron chi connectivity index (χ0n) is 12.2. The molecular weight excluding hydrogens is 304 g/mol. The molecule has 1 fully saturated rings. The maximum Gasteiger partial charge on any atom is 0.322 e. The molecule has 1 aromatic heterocycles. The number of anilines is 1. The normalized spacial score (nSPS) is 17.8. The van der Waals surface area contributed by atoms with E-state index in [0.29, 0.717) is 32.8 Å². The highest BCUT2D eigenvalue weighted by Crippen LogP contribution is 2.32. The highest BCUT2D eigenvalue weighted by Gasteiger charge is 2.24. The maximum absolute atomic E-state index is 12.3. The first-order valence-electron chi connectivity index (χ1n) is 7.24. The summed E-state index contributed by atoms with van der Waals surface area (Å²) in [5.41, 5.74) is 0.801. The van der Waals surface area contributed by atoms with Crippen LogP contribution in [0.25, 0.3) is 0 Å². The lowest BCUT2D eigenvalue weighted by molar-refractivity contribution is -0.134. The lowest BCUT2D eigenvalue weighted by Gasteiger charge is -2.29. The number of amides is 3. The molecule has 118 valence electrons. The second kappa shape index (κ2) is 6.97. The number of pyridine rings is 1. The number of aromatic nitrogens is 1. The minimum atomic E-state index is -0.254. The summed E-state index contributed by atoms with van der Waals surface area (Å²) in [5, 5.41) is 3.56. The van der Waals surface area contributed by atoms with E-state index in [1.165, 1.54) is 0 Å². The topological polar surface area (TPSA) is 74.8 Å². The molecular formula is C14H18N4O3S. The van der Waals surface area contributed by atoms with Gasteiger partial charge in [0.05, 0.1) is 25.4 Å². The van der Waals surface area contributed by atoms with Crippen LogP contribution >= 0.6 is 11.8 Å².